The number of nitrogens with one attached hydrogen (secondary N) is 1. The molecule has 1 aliphatic rings. The van der Waals surface area contributed by atoms with E-state index in [0.29, 0.717) is 19.3 Å². The van der Waals surface area contributed by atoms with Crippen LogP contribution < -0.4 is 5.32 Å². The topological polar surface area (TPSA) is 58.6 Å². The summed E-state index contributed by atoms with van der Waals surface area (Å²) in [6.07, 6.45) is 2.79. The third kappa shape index (κ3) is 5.31. The maximum absolute atomic E-state index is 12.5. The lowest BCUT2D eigenvalue weighted by molar-refractivity contribution is -0.117. The average molecular weight is 429 g/mol. The van der Waals surface area contributed by atoms with Crippen molar-refractivity contribution in [1.29, 1.82) is 0 Å². The van der Waals surface area contributed by atoms with Crippen LogP contribution in [-0.2, 0) is 15.1 Å². The lowest BCUT2D eigenvalue weighted by Gasteiger charge is -2.38. The summed E-state index contributed by atoms with van der Waals surface area (Å²) in [4.78, 5) is 27.7. The zero-order chi connectivity index (χ0) is 18.8. The molecule has 138 valence electrons. The van der Waals surface area contributed by atoms with Crippen LogP contribution in [0.2, 0.25) is 0 Å². The second kappa shape index (κ2) is 7.50. The number of amides is 1. The Hall–Kier alpha value is -1.34. The molecule has 1 unspecified atom stereocenters. The Balaban J connectivity index is 2.37. The van der Waals surface area contributed by atoms with Crippen LogP contribution in [0.3, 0.4) is 0 Å². The summed E-state index contributed by atoms with van der Waals surface area (Å²) in [6.45, 7) is 5.51. The third-order valence-corrected chi connectivity index (χ3v) is 5.72. The van der Waals surface area contributed by atoms with Crippen molar-refractivity contribution in [2.24, 2.45) is 0 Å². The van der Waals surface area contributed by atoms with Crippen LogP contribution in [0, 0.1) is 0 Å². The van der Waals surface area contributed by atoms with Gasteiger partial charge >= 0.3 is 6.09 Å². The monoisotopic (exact) mass is 428 g/mol. The molecule has 1 aliphatic carbocycles. The molecule has 0 spiro atoms. The van der Waals surface area contributed by atoms with E-state index in [1.807, 2.05) is 57.4 Å². The number of alkyl carbamates (subject to hydrolysis) is 1. The van der Waals surface area contributed by atoms with Crippen LogP contribution in [0.25, 0.3) is 0 Å². The molecule has 7 heteroatoms. The van der Waals surface area contributed by atoms with E-state index in [9.17, 15) is 9.59 Å². The fourth-order valence-electron chi connectivity index (χ4n) is 2.87. The van der Waals surface area contributed by atoms with Crippen molar-refractivity contribution >= 4 is 39.1 Å². The van der Waals surface area contributed by atoms with Crippen molar-refractivity contribution in [3.63, 3.8) is 0 Å². The standard InChI is InChI=1S/C18H25BrN2O3S/c1-17(2,3)24-16(23)20-18(15-8-13(19)11-25-15)7-6-14(22)12(9-18)10-21(4)5/h8,10-11H,6-7,9H2,1-5H3,(H,20,23). The van der Waals surface area contributed by atoms with E-state index < -0.39 is 17.2 Å². The average Bonchev–Trinajstić information content (AvgIpc) is 2.87. The van der Waals surface area contributed by atoms with Gasteiger partial charge in [-0.05, 0) is 49.2 Å². The van der Waals surface area contributed by atoms with Crippen molar-refractivity contribution in [2.45, 2.75) is 51.2 Å². The molecule has 0 aliphatic heterocycles. The minimum absolute atomic E-state index is 0.130. The van der Waals surface area contributed by atoms with Gasteiger partial charge in [0.05, 0.1) is 5.54 Å². The van der Waals surface area contributed by atoms with Gasteiger partial charge in [0.2, 0.25) is 0 Å². The maximum atomic E-state index is 12.5. The number of Topliss-reactive ketones (excluding diaryl/α,β-unsaturated/α-hetero) is 1. The Labute approximate surface area is 161 Å². The summed E-state index contributed by atoms with van der Waals surface area (Å²) in [6, 6.07) is 2.01. The number of nitrogens with zero attached hydrogens (tertiary/aromatic N) is 1. The Morgan fingerprint density at radius 1 is 1.44 bits per heavy atom. The lowest BCUT2D eigenvalue weighted by Crippen LogP contribution is -2.50. The zero-order valence-corrected chi connectivity index (χ0v) is 17.7. The molecule has 2 rings (SSSR count). The van der Waals surface area contributed by atoms with Crippen LogP contribution in [0.15, 0.2) is 27.7 Å². The number of halogens is 1. The van der Waals surface area contributed by atoms with Crippen LogP contribution in [0.4, 0.5) is 4.79 Å². The highest BCUT2D eigenvalue weighted by molar-refractivity contribution is 9.10. The summed E-state index contributed by atoms with van der Waals surface area (Å²) >= 11 is 5.05. The Bertz CT molecular complexity index is 691. The van der Waals surface area contributed by atoms with Crippen LogP contribution in [0.1, 0.15) is 44.9 Å². The molecule has 0 aromatic carbocycles. The van der Waals surface area contributed by atoms with Gasteiger partial charge in [0, 0.05) is 53.4 Å². The minimum Gasteiger partial charge on any atom is -0.444 e. The first-order valence-corrected chi connectivity index (χ1v) is 9.84. The van der Waals surface area contributed by atoms with Gasteiger partial charge in [0.1, 0.15) is 5.60 Å². The molecular formula is C18H25BrN2O3S. The quantitative estimate of drug-likeness (QED) is 0.723. The molecule has 0 saturated heterocycles. The van der Waals surface area contributed by atoms with Gasteiger partial charge in [-0.3, -0.25) is 4.79 Å². The van der Waals surface area contributed by atoms with Gasteiger partial charge in [-0.1, -0.05) is 0 Å². The summed E-state index contributed by atoms with van der Waals surface area (Å²) in [7, 11) is 3.78. The summed E-state index contributed by atoms with van der Waals surface area (Å²) in [5.74, 6) is 0.130. The number of carbonyl (C=O) groups excluding carboxylic acids is 2. The molecular weight excluding hydrogens is 404 g/mol. The van der Waals surface area contributed by atoms with Crippen molar-refractivity contribution < 1.29 is 14.3 Å². The zero-order valence-electron chi connectivity index (χ0n) is 15.3. The first kappa shape index (κ1) is 20.0. The van der Waals surface area contributed by atoms with Crippen LogP contribution in [0.5, 0.6) is 0 Å². The lowest BCUT2D eigenvalue weighted by atomic mass is 9.77. The van der Waals surface area contributed by atoms with E-state index in [2.05, 4.69) is 21.2 Å². The summed E-state index contributed by atoms with van der Waals surface area (Å²) in [5, 5.41) is 5.04. The number of hydrogen-bond donors (Lipinski definition) is 1. The molecule has 0 radical (unpaired) electrons. The van der Waals surface area contributed by atoms with E-state index in [1.165, 1.54) is 0 Å². The SMILES string of the molecule is CN(C)C=C1CC(NC(=O)OC(C)(C)C)(c2cc(Br)cs2)CCC1=O. The van der Waals surface area contributed by atoms with E-state index in [0.717, 1.165) is 14.9 Å². The van der Waals surface area contributed by atoms with Gasteiger partial charge in [-0.15, -0.1) is 11.3 Å². The van der Waals surface area contributed by atoms with E-state index in [1.54, 1.807) is 11.3 Å². The highest BCUT2D eigenvalue weighted by atomic mass is 79.9. The molecule has 1 fully saturated rings. The number of hydrogen-bond acceptors (Lipinski definition) is 5. The number of carbonyl (C=O) groups is 2. The molecule has 1 heterocycles. The second-order valence-corrected chi connectivity index (χ2v) is 9.38. The fraction of sp³-hybridized carbons (Fsp3) is 0.556. The van der Waals surface area contributed by atoms with Crippen LogP contribution >= 0.6 is 27.3 Å². The van der Waals surface area contributed by atoms with E-state index in [4.69, 9.17) is 4.74 Å². The summed E-state index contributed by atoms with van der Waals surface area (Å²) < 4.78 is 6.43. The molecule has 1 aromatic heterocycles. The van der Waals surface area contributed by atoms with Crippen molar-refractivity contribution in [3.8, 4) is 0 Å². The van der Waals surface area contributed by atoms with Gasteiger partial charge in [0.15, 0.2) is 5.78 Å². The van der Waals surface area contributed by atoms with Gasteiger partial charge in [-0.25, -0.2) is 4.79 Å². The predicted molar refractivity (Wildman–Crippen MR) is 104 cm³/mol. The molecule has 1 atom stereocenters. The van der Waals surface area contributed by atoms with Crippen LogP contribution in [-0.4, -0.2) is 36.5 Å². The first-order chi connectivity index (χ1) is 11.5. The molecule has 25 heavy (non-hydrogen) atoms. The second-order valence-electron chi connectivity index (χ2n) is 7.56. The maximum Gasteiger partial charge on any atom is 0.408 e. The number of ketones is 1. The van der Waals surface area contributed by atoms with Gasteiger partial charge in [-0.2, -0.15) is 0 Å². The van der Waals surface area contributed by atoms with E-state index >= 15 is 0 Å². The van der Waals surface area contributed by atoms with Gasteiger partial charge in [0.25, 0.3) is 0 Å². The molecule has 1 saturated carbocycles. The number of thiophene rings is 1. The molecule has 5 nitrogen and oxygen atoms in total. The molecule has 1 amide bonds. The minimum atomic E-state index is -0.630. The Morgan fingerprint density at radius 2 is 2.12 bits per heavy atom. The fourth-order valence-corrected chi connectivity index (χ4v) is 4.48. The summed E-state index contributed by atoms with van der Waals surface area (Å²) in [5.41, 5.74) is -0.486. The van der Waals surface area contributed by atoms with Crippen molar-refractivity contribution in [3.05, 3.63) is 32.6 Å². The smallest absolute Gasteiger partial charge is 0.408 e. The molecule has 1 N–H and O–H groups in total. The van der Waals surface area contributed by atoms with E-state index in [-0.39, 0.29) is 5.78 Å². The highest BCUT2D eigenvalue weighted by Crippen LogP contribution is 2.42. The molecule has 0 bridgehead atoms. The van der Waals surface area contributed by atoms with Crippen molar-refractivity contribution in [2.75, 3.05) is 14.1 Å². The normalized spacial score (nSPS) is 22.8. The largest absolute Gasteiger partial charge is 0.444 e. The number of rotatable bonds is 3. The first-order valence-electron chi connectivity index (χ1n) is 8.17. The third-order valence-electron chi connectivity index (χ3n) is 3.82. The predicted octanol–water partition coefficient (Wildman–Crippen LogP) is 4.43. The Kier molecular flexibility index (Phi) is 5.99. The van der Waals surface area contributed by atoms with Gasteiger partial charge < -0.3 is 15.0 Å². The Morgan fingerprint density at radius 3 is 2.64 bits per heavy atom. The highest BCUT2D eigenvalue weighted by Gasteiger charge is 2.42. The number of ether oxygens (including phenoxy) is 1. The molecule has 1 aromatic rings. The van der Waals surface area contributed by atoms with Crippen molar-refractivity contribution in [1.82, 2.24) is 10.2 Å².